The van der Waals surface area contributed by atoms with Gasteiger partial charge in [-0.25, -0.2) is 0 Å². The Hall–Kier alpha value is -1.01. The van der Waals surface area contributed by atoms with Crippen LogP contribution in [-0.4, -0.2) is 34.4 Å². The van der Waals surface area contributed by atoms with E-state index in [0.717, 1.165) is 30.9 Å². The van der Waals surface area contributed by atoms with E-state index in [4.69, 9.17) is 4.74 Å². The number of nitrogens with zero attached hydrogens (tertiary/aromatic N) is 2. The Balaban J connectivity index is 1.68. The van der Waals surface area contributed by atoms with E-state index in [1.807, 2.05) is 0 Å². The van der Waals surface area contributed by atoms with Crippen molar-refractivity contribution < 1.29 is 9.53 Å². The molecule has 116 valence electrons. The first-order chi connectivity index (χ1) is 10.1. The van der Waals surface area contributed by atoms with E-state index in [1.54, 1.807) is 0 Å². The number of amides is 1. The van der Waals surface area contributed by atoms with Crippen LogP contribution in [0, 0.1) is 0 Å². The number of nitrogens with one attached hydrogen (secondary N) is 1. The van der Waals surface area contributed by atoms with Crippen molar-refractivity contribution in [3.8, 4) is 0 Å². The standard InChI is InChI=1S/C15H23N3O2S/c1-10(2)13-17-18-14(21-13)12(19)16-11-6-9-20-15(11)7-4-3-5-8-15/h10-11H,3-9H2,1-2H3,(H,16,19). The SMILES string of the molecule is CC(C)c1nnc(C(=O)NC2CCOC23CCCCC3)s1. The lowest BCUT2D eigenvalue weighted by molar-refractivity contribution is -0.0375. The van der Waals surface area contributed by atoms with Gasteiger partial charge in [0.1, 0.15) is 5.01 Å². The lowest BCUT2D eigenvalue weighted by atomic mass is 9.79. The zero-order chi connectivity index (χ0) is 14.9. The van der Waals surface area contributed by atoms with Gasteiger partial charge in [-0.2, -0.15) is 0 Å². The number of rotatable bonds is 3. The predicted molar refractivity (Wildman–Crippen MR) is 81.6 cm³/mol. The zero-order valence-corrected chi connectivity index (χ0v) is 13.5. The lowest BCUT2D eigenvalue weighted by Crippen LogP contribution is -2.50. The van der Waals surface area contributed by atoms with Crippen LogP contribution >= 0.6 is 11.3 Å². The summed E-state index contributed by atoms with van der Waals surface area (Å²) in [6, 6.07) is 0.122. The number of carbonyl (C=O) groups excluding carboxylic acids is 1. The van der Waals surface area contributed by atoms with E-state index in [9.17, 15) is 4.79 Å². The highest BCUT2D eigenvalue weighted by atomic mass is 32.1. The lowest BCUT2D eigenvalue weighted by Gasteiger charge is -2.37. The Morgan fingerprint density at radius 1 is 1.33 bits per heavy atom. The minimum Gasteiger partial charge on any atom is -0.373 e. The van der Waals surface area contributed by atoms with Crippen molar-refractivity contribution in [2.45, 2.75) is 69.9 Å². The van der Waals surface area contributed by atoms with Crippen LogP contribution in [-0.2, 0) is 4.74 Å². The van der Waals surface area contributed by atoms with Crippen LogP contribution in [0.5, 0.6) is 0 Å². The molecule has 3 rings (SSSR count). The Morgan fingerprint density at radius 2 is 2.10 bits per heavy atom. The van der Waals surface area contributed by atoms with Gasteiger partial charge in [0, 0.05) is 12.5 Å². The van der Waals surface area contributed by atoms with Crippen molar-refractivity contribution in [1.29, 1.82) is 0 Å². The summed E-state index contributed by atoms with van der Waals surface area (Å²) in [5.74, 6) is 0.211. The van der Waals surface area contributed by atoms with E-state index in [1.165, 1.54) is 30.6 Å². The summed E-state index contributed by atoms with van der Waals surface area (Å²) in [5, 5.41) is 12.7. The quantitative estimate of drug-likeness (QED) is 0.932. The molecule has 1 saturated heterocycles. The molecule has 1 aliphatic carbocycles. The molecule has 0 radical (unpaired) electrons. The summed E-state index contributed by atoms with van der Waals surface area (Å²) >= 11 is 1.39. The van der Waals surface area contributed by atoms with Gasteiger partial charge < -0.3 is 10.1 Å². The third-order valence-corrected chi connectivity index (χ3v) is 5.79. The number of ether oxygens (including phenoxy) is 1. The van der Waals surface area contributed by atoms with Gasteiger partial charge in [-0.3, -0.25) is 4.79 Å². The second kappa shape index (κ2) is 6.01. The maximum absolute atomic E-state index is 12.4. The van der Waals surface area contributed by atoms with E-state index in [2.05, 4.69) is 29.4 Å². The smallest absolute Gasteiger partial charge is 0.282 e. The summed E-state index contributed by atoms with van der Waals surface area (Å²) < 4.78 is 6.03. The fourth-order valence-corrected chi connectivity index (χ4v) is 4.12. The van der Waals surface area contributed by atoms with Crippen molar-refractivity contribution in [1.82, 2.24) is 15.5 Å². The fraction of sp³-hybridized carbons (Fsp3) is 0.800. The third kappa shape index (κ3) is 2.97. The third-order valence-electron chi connectivity index (χ3n) is 4.57. The molecule has 2 fully saturated rings. The van der Waals surface area contributed by atoms with Crippen molar-refractivity contribution >= 4 is 17.2 Å². The van der Waals surface area contributed by atoms with Crippen molar-refractivity contribution in [2.75, 3.05) is 6.61 Å². The van der Waals surface area contributed by atoms with E-state index in [-0.39, 0.29) is 17.6 Å². The zero-order valence-electron chi connectivity index (χ0n) is 12.7. The van der Waals surface area contributed by atoms with Crippen LogP contribution < -0.4 is 5.32 Å². The van der Waals surface area contributed by atoms with Crippen LogP contribution in [0.3, 0.4) is 0 Å². The summed E-state index contributed by atoms with van der Waals surface area (Å²) in [4.78, 5) is 12.4. The average Bonchev–Trinajstić information content (AvgIpc) is 3.09. The molecule has 1 saturated carbocycles. The van der Waals surface area contributed by atoms with Gasteiger partial charge in [0.05, 0.1) is 11.6 Å². The monoisotopic (exact) mass is 309 g/mol. The van der Waals surface area contributed by atoms with Gasteiger partial charge >= 0.3 is 0 Å². The first-order valence-electron chi connectivity index (χ1n) is 7.89. The largest absolute Gasteiger partial charge is 0.373 e. The Bertz CT molecular complexity index is 509. The molecule has 0 bridgehead atoms. The molecule has 6 heteroatoms. The highest BCUT2D eigenvalue weighted by Crippen LogP contribution is 2.39. The van der Waals surface area contributed by atoms with Gasteiger partial charge in [-0.05, 0) is 19.3 Å². The summed E-state index contributed by atoms with van der Waals surface area (Å²) in [6.45, 7) is 4.87. The summed E-state index contributed by atoms with van der Waals surface area (Å²) in [7, 11) is 0. The minimum atomic E-state index is -0.126. The van der Waals surface area contributed by atoms with E-state index >= 15 is 0 Å². The van der Waals surface area contributed by atoms with Crippen LogP contribution in [0.4, 0.5) is 0 Å². The fourth-order valence-electron chi connectivity index (χ4n) is 3.37. The average molecular weight is 309 g/mol. The van der Waals surface area contributed by atoms with E-state index < -0.39 is 0 Å². The van der Waals surface area contributed by atoms with Crippen LogP contribution in [0.2, 0.25) is 0 Å². The minimum absolute atomic E-state index is 0.0974. The van der Waals surface area contributed by atoms with Gasteiger partial charge in [0.2, 0.25) is 5.01 Å². The van der Waals surface area contributed by atoms with Crippen LogP contribution in [0.1, 0.15) is 73.1 Å². The Labute approximate surface area is 129 Å². The summed E-state index contributed by atoms with van der Waals surface area (Å²) in [5.41, 5.74) is -0.126. The molecule has 1 aromatic heterocycles. The Morgan fingerprint density at radius 3 is 2.76 bits per heavy atom. The van der Waals surface area contributed by atoms with Crippen LogP contribution in [0.25, 0.3) is 0 Å². The first kappa shape index (κ1) is 14.9. The second-order valence-corrected chi connectivity index (χ2v) is 7.40. The molecular formula is C15H23N3O2S. The molecule has 1 aromatic rings. The highest BCUT2D eigenvalue weighted by molar-refractivity contribution is 7.13. The maximum Gasteiger partial charge on any atom is 0.282 e. The van der Waals surface area contributed by atoms with Crippen LogP contribution in [0.15, 0.2) is 0 Å². The molecule has 21 heavy (non-hydrogen) atoms. The normalized spacial score (nSPS) is 24.6. The molecule has 5 nitrogen and oxygen atoms in total. The second-order valence-electron chi connectivity index (χ2n) is 6.39. The molecule has 2 aliphatic rings. The summed E-state index contributed by atoms with van der Waals surface area (Å²) in [6.07, 6.45) is 6.70. The molecule has 1 N–H and O–H groups in total. The van der Waals surface area contributed by atoms with Gasteiger partial charge in [-0.1, -0.05) is 44.4 Å². The molecule has 1 spiro atoms. The number of carbonyl (C=O) groups is 1. The molecule has 2 heterocycles. The maximum atomic E-state index is 12.4. The van der Waals surface area contributed by atoms with Gasteiger partial charge in [0.15, 0.2) is 0 Å². The number of aromatic nitrogens is 2. The molecular weight excluding hydrogens is 286 g/mol. The number of hydrogen-bond donors (Lipinski definition) is 1. The van der Waals surface area contributed by atoms with Gasteiger partial charge in [-0.15, -0.1) is 10.2 Å². The predicted octanol–water partition coefficient (Wildman–Crippen LogP) is 2.88. The van der Waals surface area contributed by atoms with Gasteiger partial charge in [0.25, 0.3) is 5.91 Å². The van der Waals surface area contributed by atoms with E-state index in [0.29, 0.717) is 10.9 Å². The molecule has 1 aliphatic heterocycles. The molecule has 1 amide bonds. The van der Waals surface area contributed by atoms with Crippen molar-refractivity contribution in [3.63, 3.8) is 0 Å². The topological polar surface area (TPSA) is 64.1 Å². The first-order valence-corrected chi connectivity index (χ1v) is 8.70. The molecule has 1 unspecified atom stereocenters. The highest BCUT2D eigenvalue weighted by Gasteiger charge is 2.45. The number of hydrogen-bond acceptors (Lipinski definition) is 5. The molecule has 1 atom stereocenters. The molecule has 0 aromatic carbocycles. The van der Waals surface area contributed by atoms with Crippen molar-refractivity contribution in [3.05, 3.63) is 10.0 Å². The van der Waals surface area contributed by atoms with Crippen molar-refractivity contribution in [2.24, 2.45) is 0 Å². The Kier molecular flexibility index (Phi) is 4.26.